The highest BCUT2D eigenvalue weighted by Gasteiger charge is 2.29. The minimum atomic E-state index is -0.505. The monoisotopic (exact) mass is 450 g/mol. The lowest BCUT2D eigenvalue weighted by atomic mass is 9.89. The van der Waals surface area contributed by atoms with Crippen molar-refractivity contribution in [2.75, 3.05) is 37.4 Å². The van der Waals surface area contributed by atoms with E-state index >= 15 is 0 Å². The van der Waals surface area contributed by atoms with Crippen molar-refractivity contribution in [3.05, 3.63) is 42.7 Å². The number of hydrogen-bond acceptors (Lipinski definition) is 7. The van der Waals surface area contributed by atoms with E-state index in [1.54, 1.807) is 25.6 Å². The molecule has 1 saturated heterocycles. The summed E-state index contributed by atoms with van der Waals surface area (Å²) in [6.07, 6.45) is 8.12. The largest absolute Gasteiger partial charge is 0.384 e. The van der Waals surface area contributed by atoms with E-state index in [1.807, 2.05) is 12.1 Å². The maximum absolute atomic E-state index is 13.8. The lowest BCUT2D eigenvalue weighted by Gasteiger charge is -2.40. The Balaban J connectivity index is 1.32. The van der Waals surface area contributed by atoms with Gasteiger partial charge in [-0.1, -0.05) is 6.07 Å². The summed E-state index contributed by atoms with van der Waals surface area (Å²) in [5.41, 5.74) is 3.06. The Kier molecular flexibility index (Phi) is 6.37. The van der Waals surface area contributed by atoms with Crippen molar-refractivity contribution < 1.29 is 9.13 Å². The summed E-state index contributed by atoms with van der Waals surface area (Å²) in [6, 6.07) is 8.85. The van der Waals surface area contributed by atoms with Crippen LogP contribution in [0, 0.1) is 5.95 Å². The predicted octanol–water partition coefficient (Wildman–Crippen LogP) is 4.32. The topological polar surface area (TPSA) is 75.2 Å². The third kappa shape index (κ3) is 4.77. The normalized spacial score (nSPS) is 24.0. The summed E-state index contributed by atoms with van der Waals surface area (Å²) >= 11 is 0. The zero-order valence-electron chi connectivity index (χ0n) is 19.2. The summed E-state index contributed by atoms with van der Waals surface area (Å²) in [5.74, 6) is 0.351. The molecule has 3 heterocycles. The van der Waals surface area contributed by atoms with Crippen LogP contribution in [0.25, 0.3) is 22.0 Å². The number of rotatable bonds is 5. The summed E-state index contributed by atoms with van der Waals surface area (Å²) in [4.78, 5) is 15.5. The second-order valence-corrected chi connectivity index (χ2v) is 9.09. The number of halogens is 1. The Labute approximate surface area is 193 Å². The molecule has 8 heteroatoms. The fourth-order valence-electron chi connectivity index (χ4n) is 5.09. The first-order chi connectivity index (χ1) is 16.1. The molecule has 1 aliphatic carbocycles. The van der Waals surface area contributed by atoms with Crippen molar-refractivity contribution in [3.8, 4) is 11.1 Å². The van der Waals surface area contributed by atoms with Gasteiger partial charge in [-0.15, -0.1) is 0 Å². The van der Waals surface area contributed by atoms with E-state index in [9.17, 15) is 4.39 Å². The lowest BCUT2D eigenvalue weighted by molar-refractivity contribution is -0.0396. The Morgan fingerprint density at radius 2 is 1.91 bits per heavy atom. The number of aromatic nitrogens is 3. The van der Waals surface area contributed by atoms with Gasteiger partial charge in [0.1, 0.15) is 12.1 Å². The van der Waals surface area contributed by atoms with Gasteiger partial charge in [-0.2, -0.15) is 4.39 Å². The van der Waals surface area contributed by atoms with Crippen molar-refractivity contribution in [1.29, 1.82) is 0 Å². The molecule has 1 atom stereocenters. The standard InChI is InChI=1S/C25H31FN6O/c1-16-14-32(9-10-33-16)20-6-4-19(5-7-20)31-25-21-11-17(3-8-22(21)29-15-30-25)18-12-23(27-2)24(26)28-13-18/h3,8,11-13,15-16,19-20,27H,4-7,9-10,14H2,1-2H3,(H,29,30,31)/t16-,19?,20?/m1/s1. The third-order valence-electron chi connectivity index (χ3n) is 6.90. The second-order valence-electron chi connectivity index (χ2n) is 9.09. The van der Waals surface area contributed by atoms with E-state index in [4.69, 9.17) is 4.74 Å². The summed E-state index contributed by atoms with van der Waals surface area (Å²) < 4.78 is 19.5. The Bertz CT molecular complexity index is 1120. The number of ether oxygens (including phenoxy) is 1. The highest BCUT2D eigenvalue weighted by molar-refractivity contribution is 5.92. The van der Waals surface area contributed by atoms with Crippen LogP contribution in [0.3, 0.4) is 0 Å². The first-order valence-corrected chi connectivity index (χ1v) is 11.8. The first kappa shape index (κ1) is 22.0. The number of morpholine rings is 1. The number of fused-ring (bicyclic) bond motifs is 1. The molecule has 0 unspecified atom stereocenters. The highest BCUT2D eigenvalue weighted by Crippen LogP contribution is 2.31. The van der Waals surface area contributed by atoms with E-state index in [0.29, 0.717) is 23.9 Å². The molecule has 2 N–H and O–H groups in total. The molecular formula is C25H31FN6O. The zero-order valence-corrected chi connectivity index (χ0v) is 19.2. The Morgan fingerprint density at radius 3 is 2.70 bits per heavy atom. The van der Waals surface area contributed by atoms with Crippen LogP contribution in [0.1, 0.15) is 32.6 Å². The number of hydrogen-bond donors (Lipinski definition) is 2. The Morgan fingerprint density at radius 1 is 1.06 bits per heavy atom. The molecule has 1 aliphatic heterocycles. The quantitative estimate of drug-likeness (QED) is 0.561. The molecule has 0 spiro atoms. The SMILES string of the molecule is CNc1cc(-c2ccc3ncnc(NC4CCC(N5CCO[C@H](C)C5)CC4)c3c2)cnc1F. The van der Waals surface area contributed by atoms with Gasteiger partial charge in [0.05, 0.1) is 23.9 Å². The Hall–Kier alpha value is -2.84. The van der Waals surface area contributed by atoms with Crippen LogP contribution in [-0.4, -0.2) is 64.8 Å². The molecule has 0 amide bonds. The first-order valence-electron chi connectivity index (χ1n) is 11.8. The molecule has 33 heavy (non-hydrogen) atoms. The average molecular weight is 451 g/mol. The van der Waals surface area contributed by atoms with Gasteiger partial charge in [0.2, 0.25) is 5.95 Å². The van der Waals surface area contributed by atoms with Crippen LogP contribution in [0.5, 0.6) is 0 Å². The van der Waals surface area contributed by atoms with Gasteiger partial charge in [0, 0.05) is 49.4 Å². The van der Waals surface area contributed by atoms with Crippen molar-refractivity contribution in [1.82, 2.24) is 19.9 Å². The number of nitrogens with zero attached hydrogens (tertiary/aromatic N) is 4. The van der Waals surface area contributed by atoms with Gasteiger partial charge >= 0.3 is 0 Å². The van der Waals surface area contributed by atoms with Crippen molar-refractivity contribution in [3.63, 3.8) is 0 Å². The van der Waals surface area contributed by atoms with Gasteiger partial charge in [0.15, 0.2) is 0 Å². The molecule has 0 bridgehead atoms. The number of anilines is 2. The predicted molar refractivity (Wildman–Crippen MR) is 129 cm³/mol. The van der Waals surface area contributed by atoms with Gasteiger partial charge < -0.3 is 15.4 Å². The van der Waals surface area contributed by atoms with Crippen LogP contribution in [0.15, 0.2) is 36.8 Å². The second kappa shape index (κ2) is 9.57. The van der Waals surface area contributed by atoms with E-state index in [2.05, 4.69) is 43.5 Å². The van der Waals surface area contributed by atoms with Crippen molar-refractivity contribution in [2.24, 2.45) is 0 Å². The molecular weight excluding hydrogens is 419 g/mol. The van der Waals surface area contributed by atoms with Gasteiger partial charge in [-0.3, -0.25) is 4.90 Å². The average Bonchev–Trinajstić information content (AvgIpc) is 2.85. The molecule has 1 saturated carbocycles. The van der Waals surface area contributed by atoms with Crippen molar-refractivity contribution in [2.45, 2.75) is 50.8 Å². The molecule has 5 rings (SSSR count). The van der Waals surface area contributed by atoms with E-state index in [0.717, 1.165) is 60.4 Å². The van der Waals surface area contributed by atoms with Gasteiger partial charge in [0.25, 0.3) is 0 Å². The van der Waals surface area contributed by atoms with Crippen LogP contribution < -0.4 is 10.6 Å². The zero-order chi connectivity index (χ0) is 22.8. The number of nitrogens with one attached hydrogen (secondary N) is 2. The maximum atomic E-state index is 13.8. The minimum absolute atomic E-state index is 0.330. The summed E-state index contributed by atoms with van der Waals surface area (Å²) in [5, 5.41) is 7.50. The minimum Gasteiger partial charge on any atom is -0.384 e. The van der Waals surface area contributed by atoms with Crippen LogP contribution >= 0.6 is 0 Å². The summed E-state index contributed by atoms with van der Waals surface area (Å²) in [7, 11) is 1.69. The maximum Gasteiger partial charge on any atom is 0.236 e. The molecule has 174 valence electrons. The molecule has 3 aromatic rings. The number of pyridine rings is 1. The molecule has 2 fully saturated rings. The van der Waals surface area contributed by atoms with Crippen LogP contribution in [0.2, 0.25) is 0 Å². The smallest absolute Gasteiger partial charge is 0.236 e. The van der Waals surface area contributed by atoms with E-state index in [1.165, 1.54) is 12.8 Å². The van der Waals surface area contributed by atoms with Gasteiger partial charge in [-0.05, 0) is 56.4 Å². The lowest BCUT2D eigenvalue weighted by Crippen LogP contribution is -2.48. The van der Waals surface area contributed by atoms with E-state index < -0.39 is 5.95 Å². The van der Waals surface area contributed by atoms with Gasteiger partial charge in [-0.25, -0.2) is 15.0 Å². The van der Waals surface area contributed by atoms with Crippen LogP contribution in [-0.2, 0) is 4.74 Å². The third-order valence-corrected chi connectivity index (χ3v) is 6.90. The fraction of sp³-hybridized carbons (Fsp3) is 0.480. The summed E-state index contributed by atoms with van der Waals surface area (Å²) in [6.45, 7) is 5.08. The van der Waals surface area contributed by atoms with E-state index in [-0.39, 0.29) is 0 Å². The highest BCUT2D eigenvalue weighted by atomic mass is 19.1. The molecule has 7 nitrogen and oxygen atoms in total. The van der Waals surface area contributed by atoms with Crippen LogP contribution in [0.4, 0.5) is 15.9 Å². The molecule has 1 aromatic carbocycles. The molecule has 2 aromatic heterocycles. The fourth-order valence-corrected chi connectivity index (χ4v) is 5.09. The number of benzene rings is 1. The molecule has 2 aliphatic rings. The molecule has 0 radical (unpaired) electrons. The van der Waals surface area contributed by atoms with Crippen molar-refractivity contribution >= 4 is 22.4 Å².